The van der Waals surface area contributed by atoms with Gasteiger partial charge in [-0.2, -0.15) is 0 Å². The zero-order valence-corrected chi connectivity index (χ0v) is 12.5. The summed E-state index contributed by atoms with van der Waals surface area (Å²) < 4.78 is 25.9. The van der Waals surface area contributed by atoms with E-state index in [0.717, 1.165) is 0 Å². The van der Waals surface area contributed by atoms with Crippen LogP contribution in [0.4, 0.5) is 0 Å². The Morgan fingerprint density at radius 2 is 2.15 bits per heavy atom. The monoisotopic (exact) mass is 296 g/mol. The molecule has 0 bridgehead atoms. The minimum atomic E-state index is -3.56. The number of aliphatic hydroxyl groups is 1. The molecule has 0 aliphatic rings. The first-order chi connectivity index (χ1) is 9.37. The molecule has 0 radical (unpaired) electrons. The fraction of sp³-hybridized carbons (Fsp3) is 0.429. The zero-order chi connectivity index (χ0) is 15.2. The van der Waals surface area contributed by atoms with Crippen LogP contribution in [-0.4, -0.2) is 44.1 Å². The van der Waals surface area contributed by atoms with Gasteiger partial charge in [-0.15, -0.1) is 0 Å². The Hall–Kier alpha value is -1.39. The van der Waals surface area contributed by atoms with Gasteiger partial charge in [-0.1, -0.05) is 17.9 Å². The standard InChI is InChI=1S/C14H20N2O3S/c1-12(17)8-10-16(2)20(18,19)14-7-3-5-13(11-14)6-4-9-15/h3,5,7,11-12,17H,8-10,15H2,1-2H3. The van der Waals surface area contributed by atoms with E-state index in [1.807, 2.05) is 0 Å². The summed E-state index contributed by atoms with van der Waals surface area (Å²) in [5.41, 5.74) is 5.90. The van der Waals surface area contributed by atoms with Gasteiger partial charge in [0, 0.05) is 19.2 Å². The third-order valence-electron chi connectivity index (χ3n) is 2.74. The van der Waals surface area contributed by atoms with Crippen LogP contribution in [0.3, 0.4) is 0 Å². The lowest BCUT2D eigenvalue weighted by molar-refractivity contribution is 0.177. The summed E-state index contributed by atoms with van der Waals surface area (Å²) in [4.78, 5) is 0.189. The minimum absolute atomic E-state index is 0.189. The number of aliphatic hydroxyl groups excluding tert-OH is 1. The van der Waals surface area contributed by atoms with Gasteiger partial charge in [-0.05, 0) is 31.5 Å². The van der Waals surface area contributed by atoms with Crippen LogP contribution in [0.5, 0.6) is 0 Å². The molecular formula is C14H20N2O3S. The molecule has 1 rings (SSSR count). The average Bonchev–Trinajstić information content (AvgIpc) is 2.42. The topological polar surface area (TPSA) is 83.6 Å². The lowest BCUT2D eigenvalue weighted by atomic mass is 10.2. The molecule has 20 heavy (non-hydrogen) atoms. The highest BCUT2D eigenvalue weighted by Crippen LogP contribution is 2.16. The molecule has 0 fully saturated rings. The quantitative estimate of drug-likeness (QED) is 0.770. The van der Waals surface area contributed by atoms with Crippen LogP contribution < -0.4 is 5.73 Å². The third-order valence-corrected chi connectivity index (χ3v) is 4.59. The predicted octanol–water partition coefficient (Wildman–Crippen LogP) is 0.388. The van der Waals surface area contributed by atoms with Gasteiger partial charge in [0.05, 0.1) is 17.5 Å². The van der Waals surface area contributed by atoms with Crippen molar-refractivity contribution in [2.75, 3.05) is 20.1 Å². The SMILES string of the molecule is CC(O)CCN(C)S(=O)(=O)c1cccc(C#CCN)c1. The number of rotatable bonds is 5. The van der Waals surface area contributed by atoms with E-state index in [4.69, 9.17) is 5.73 Å². The van der Waals surface area contributed by atoms with Crippen LogP contribution in [0.25, 0.3) is 0 Å². The van der Waals surface area contributed by atoms with Gasteiger partial charge in [0.1, 0.15) is 0 Å². The smallest absolute Gasteiger partial charge is 0.242 e. The Balaban J connectivity index is 2.97. The summed E-state index contributed by atoms with van der Waals surface area (Å²) in [6.45, 7) is 2.12. The van der Waals surface area contributed by atoms with E-state index in [1.165, 1.54) is 23.5 Å². The summed E-state index contributed by atoms with van der Waals surface area (Å²) in [5.74, 6) is 5.50. The zero-order valence-electron chi connectivity index (χ0n) is 11.7. The van der Waals surface area contributed by atoms with Crippen LogP contribution in [0.1, 0.15) is 18.9 Å². The number of sulfonamides is 1. The van der Waals surface area contributed by atoms with E-state index in [0.29, 0.717) is 12.0 Å². The van der Waals surface area contributed by atoms with Crippen molar-refractivity contribution in [1.29, 1.82) is 0 Å². The van der Waals surface area contributed by atoms with Gasteiger partial charge in [-0.25, -0.2) is 12.7 Å². The van der Waals surface area contributed by atoms with Crippen LogP contribution in [0.2, 0.25) is 0 Å². The molecule has 1 aromatic rings. The van der Waals surface area contributed by atoms with Crippen molar-refractivity contribution in [1.82, 2.24) is 4.31 Å². The molecule has 0 spiro atoms. The molecule has 0 aromatic heterocycles. The molecule has 0 saturated heterocycles. The Labute approximate surface area is 120 Å². The maximum absolute atomic E-state index is 12.3. The van der Waals surface area contributed by atoms with Crippen molar-refractivity contribution in [3.05, 3.63) is 29.8 Å². The fourth-order valence-corrected chi connectivity index (χ4v) is 2.79. The normalized spacial score (nSPS) is 12.8. The first-order valence-corrected chi connectivity index (χ1v) is 7.75. The molecule has 1 aromatic carbocycles. The molecule has 5 nitrogen and oxygen atoms in total. The first-order valence-electron chi connectivity index (χ1n) is 6.31. The second kappa shape index (κ2) is 7.41. The molecule has 0 amide bonds. The molecule has 0 aliphatic heterocycles. The number of nitrogens with zero attached hydrogens (tertiary/aromatic N) is 1. The highest BCUT2D eigenvalue weighted by atomic mass is 32.2. The fourth-order valence-electron chi connectivity index (χ4n) is 1.56. The molecule has 6 heteroatoms. The lowest BCUT2D eigenvalue weighted by Crippen LogP contribution is -2.29. The molecule has 0 aliphatic carbocycles. The maximum atomic E-state index is 12.3. The summed E-state index contributed by atoms with van der Waals surface area (Å²) in [6.07, 6.45) is -0.142. The summed E-state index contributed by atoms with van der Waals surface area (Å²) in [6, 6.07) is 6.44. The van der Waals surface area contributed by atoms with Crippen molar-refractivity contribution in [3.8, 4) is 11.8 Å². The number of hydrogen-bond donors (Lipinski definition) is 2. The van der Waals surface area contributed by atoms with Gasteiger partial charge < -0.3 is 10.8 Å². The predicted molar refractivity (Wildman–Crippen MR) is 78.5 cm³/mol. The minimum Gasteiger partial charge on any atom is -0.393 e. The van der Waals surface area contributed by atoms with Crippen LogP contribution in [0.15, 0.2) is 29.2 Å². The lowest BCUT2D eigenvalue weighted by Gasteiger charge is -2.18. The summed E-state index contributed by atoms with van der Waals surface area (Å²) >= 11 is 0. The molecule has 1 atom stereocenters. The van der Waals surface area contributed by atoms with E-state index < -0.39 is 16.1 Å². The highest BCUT2D eigenvalue weighted by Gasteiger charge is 2.20. The average molecular weight is 296 g/mol. The van der Waals surface area contributed by atoms with Gasteiger partial charge in [-0.3, -0.25) is 0 Å². The van der Waals surface area contributed by atoms with E-state index in [9.17, 15) is 13.5 Å². The van der Waals surface area contributed by atoms with E-state index in [1.54, 1.807) is 19.1 Å². The van der Waals surface area contributed by atoms with Crippen molar-refractivity contribution in [3.63, 3.8) is 0 Å². The van der Waals surface area contributed by atoms with Gasteiger partial charge in [0.25, 0.3) is 0 Å². The Bertz CT molecular complexity index is 600. The van der Waals surface area contributed by atoms with Gasteiger partial charge in [0.2, 0.25) is 10.0 Å². The Kier molecular flexibility index (Phi) is 6.17. The molecular weight excluding hydrogens is 276 g/mol. The molecule has 1 unspecified atom stereocenters. The van der Waals surface area contributed by atoms with E-state index in [-0.39, 0.29) is 18.0 Å². The van der Waals surface area contributed by atoms with Crippen molar-refractivity contribution < 1.29 is 13.5 Å². The number of nitrogens with two attached hydrogens (primary N) is 1. The second-order valence-electron chi connectivity index (χ2n) is 4.50. The van der Waals surface area contributed by atoms with Crippen molar-refractivity contribution in [2.45, 2.75) is 24.3 Å². The number of benzene rings is 1. The van der Waals surface area contributed by atoms with Crippen LogP contribution >= 0.6 is 0 Å². The van der Waals surface area contributed by atoms with Crippen molar-refractivity contribution >= 4 is 10.0 Å². The van der Waals surface area contributed by atoms with Gasteiger partial charge >= 0.3 is 0 Å². The third kappa shape index (κ3) is 4.62. The number of hydrogen-bond acceptors (Lipinski definition) is 4. The Morgan fingerprint density at radius 1 is 1.45 bits per heavy atom. The second-order valence-corrected chi connectivity index (χ2v) is 6.54. The largest absolute Gasteiger partial charge is 0.393 e. The molecule has 3 N–H and O–H groups in total. The highest BCUT2D eigenvalue weighted by molar-refractivity contribution is 7.89. The van der Waals surface area contributed by atoms with Crippen LogP contribution in [-0.2, 0) is 10.0 Å². The van der Waals surface area contributed by atoms with Crippen LogP contribution in [0, 0.1) is 11.8 Å². The molecule has 0 saturated carbocycles. The van der Waals surface area contributed by atoms with E-state index >= 15 is 0 Å². The summed E-state index contributed by atoms with van der Waals surface area (Å²) in [7, 11) is -2.06. The van der Waals surface area contributed by atoms with Gasteiger partial charge in [0.15, 0.2) is 0 Å². The Morgan fingerprint density at radius 3 is 2.75 bits per heavy atom. The summed E-state index contributed by atoms with van der Waals surface area (Å²) in [5, 5.41) is 9.23. The maximum Gasteiger partial charge on any atom is 0.242 e. The van der Waals surface area contributed by atoms with E-state index in [2.05, 4.69) is 11.8 Å². The molecule has 110 valence electrons. The first kappa shape index (κ1) is 16.7. The van der Waals surface area contributed by atoms with Crippen molar-refractivity contribution in [2.24, 2.45) is 5.73 Å². The molecule has 0 heterocycles.